The quantitative estimate of drug-likeness (QED) is 0.375. The van der Waals surface area contributed by atoms with Crippen molar-refractivity contribution >= 4 is 5.97 Å². The van der Waals surface area contributed by atoms with Crippen LogP contribution in [-0.2, 0) is 0 Å². The number of nitrogens with zero attached hydrogens (tertiary/aromatic N) is 1. The predicted octanol–water partition coefficient (Wildman–Crippen LogP) is 3.07. The average Bonchev–Trinajstić information content (AvgIpc) is 1.80. The Morgan fingerprint density at radius 3 is 1.36 bits per heavy atom. The molecule has 0 saturated heterocycles. The molecule has 0 spiro atoms. The van der Waals surface area contributed by atoms with Gasteiger partial charge in [-0.25, -0.2) is 0 Å². The average molecular weight is 233 g/mol. The molecule has 0 rings (SSSR count). The first-order valence-electron chi connectivity index (χ1n) is 2.65. The Kier molecular flexibility index (Phi) is 3.09. The Balaban J connectivity index is 5.04. The zero-order chi connectivity index (χ0) is 11.8. The third kappa shape index (κ3) is 3.07. The molecule has 0 fully saturated rings. The van der Waals surface area contributed by atoms with Crippen LogP contribution in [0.25, 0.3) is 0 Å². The molecule has 0 heterocycles. The topological polar surface area (TPSA) is 12.4 Å². The lowest BCUT2D eigenvalue weighted by Crippen LogP contribution is -2.42. The molecule has 0 saturated carbocycles. The van der Waals surface area contributed by atoms with Crippen molar-refractivity contribution in [3.8, 4) is 0 Å². The first-order chi connectivity index (χ1) is 5.88. The lowest BCUT2D eigenvalue weighted by Gasteiger charge is -2.16. The van der Waals surface area contributed by atoms with Gasteiger partial charge in [-0.15, -0.1) is 13.2 Å². The summed E-state index contributed by atoms with van der Waals surface area (Å²) in [6, 6.07) is 0. The van der Waals surface area contributed by atoms with Gasteiger partial charge in [0.15, 0.2) is 0 Å². The lowest BCUT2D eigenvalue weighted by atomic mass is 10.3. The SMILES string of the molecule is FC(=NC(F)(F)F)C(F)(F)C(F)(F)F. The maximum absolute atomic E-state index is 11.7. The number of alkyl halides is 8. The van der Waals surface area contributed by atoms with Crippen LogP contribution in [0.2, 0.25) is 0 Å². The van der Waals surface area contributed by atoms with E-state index < -0.39 is 24.4 Å². The highest BCUT2D eigenvalue weighted by Gasteiger charge is 2.63. The molecule has 0 atom stereocenters. The van der Waals surface area contributed by atoms with Crippen molar-refractivity contribution in [1.82, 2.24) is 0 Å². The van der Waals surface area contributed by atoms with E-state index in [-0.39, 0.29) is 0 Å². The van der Waals surface area contributed by atoms with Crippen molar-refractivity contribution in [2.24, 2.45) is 4.99 Å². The Morgan fingerprint density at radius 2 is 1.14 bits per heavy atom. The second-order valence-electron chi connectivity index (χ2n) is 1.94. The van der Waals surface area contributed by atoms with Gasteiger partial charge in [0, 0.05) is 0 Å². The fourth-order valence-electron chi connectivity index (χ4n) is 0.298. The van der Waals surface area contributed by atoms with Crippen LogP contribution in [0, 0.1) is 0 Å². The van der Waals surface area contributed by atoms with E-state index in [9.17, 15) is 39.5 Å². The van der Waals surface area contributed by atoms with Gasteiger partial charge in [0.1, 0.15) is 0 Å². The smallest absolute Gasteiger partial charge is 0.186 e. The molecule has 10 heteroatoms. The molecule has 0 bridgehead atoms. The van der Waals surface area contributed by atoms with Gasteiger partial charge in [-0.05, 0) is 0 Å². The molecule has 0 aliphatic rings. The van der Waals surface area contributed by atoms with E-state index >= 15 is 0 Å². The first-order valence-corrected chi connectivity index (χ1v) is 2.65. The second-order valence-corrected chi connectivity index (χ2v) is 1.94. The van der Waals surface area contributed by atoms with Crippen LogP contribution in [0.3, 0.4) is 0 Å². The molecule has 1 nitrogen and oxygen atoms in total. The number of rotatable bonds is 1. The Morgan fingerprint density at radius 1 is 0.786 bits per heavy atom. The zero-order valence-electron chi connectivity index (χ0n) is 5.85. The van der Waals surface area contributed by atoms with Gasteiger partial charge < -0.3 is 0 Å². The Hall–Kier alpha value is -0.960. The largest absolute Gasteiger partial charge is 0.505 e. The summed E-state index contributed by atoms with van der Waals surface area (Å²) in [5, 5.41) is 0. The van der Waals surface area contributed by atoms with Crippen molar-refractivity contribution in [3.63, 3.8) is 0 Å². The van der Waals surface area contributed by atoms with E-state index in [1.165, 1.54) is 0 Å². The van der Waals surface area contributed by atoms with Crippen LogP contribution in [0.1, 0.15) is 0 Å². The number of aliphatic imine (C=N–C) groups is 1. The van der Waals surface area contributed by atoms with Gasteiger partial charge in [0.05, 0.1) is 0 Å². The van der Waals surface area contributed by atoms with E-state index in [1.807, 2.05) is 0 Å². The lowest BCUT2D eigenvalue weighted by molar-refractivity contribution is -0.253. The standard InChI is InChI=1S/C4F9N/c5-1(14-4(11,12)13)2(6,7)3(8,9)10. The van der Waals surface area contributed by atoms with Gasteiger partial charge in [-0.1, -0.05) is 0 Å². The monoisotopic (exact) mass is 233 g/mol. The van der Waals surface area contributed by atoms with Crippen LogP contribution in [-0.4, -0.2) is 24.4 Å². The minimum Gasteiger partial charge on any atom is -0.186 e. The van der Waals surface area contributed by atoms with E-state index in [0.29, 0.717) is 4.99 Å². The fraction of sp³-hybridized carbons (Fsp3) is 0.750. The zero-order valence-corrected chi connectivity index (χ0v) is 5.85. The summed E-state index contributed by atoms with van der Waals surface area (Å²) in [5.41, 5.74) is 0. The number of hydrogen-bond donors (Lipinski definition) is 0. The molecule has 14 heavy (non-hydrogen) atoms. The molecule has 0 radical (unpaired) electrons. The van der Waals surface area contributed by atoms with E-state index in [1.54, 1.807) is 0 Å². The third-order valence-electron chi connectivity index (χ3n) is 0.840. The van der Waals surface area contributed by atoms with Crippen molar-refractivity contribution in [3.05, 3.63) is 0 Å². The van der Waals surface area contributed by atoms with Gasteiger partial charge in [-0.3, -0.25) is 0 Å². The summed E-state index contributed by atoms with van der Waals surface area (Å²) >= 11 is 0. The summed E-state index contributed by atoms with van der Waals surface area (Å²) in [6.45, 7) is 0. The Labute approximate surface area is 70.2 Å². The van der Waals surface area contributed by atoms with Crippen LogP contribution in [0.15, 0.2) is 4.99 Å². The molecule has 0 amide bonds. The van der Waals surface area contributed by atoms with Crippen molar-refractivity contribution < 1.29 is 39.5 Å². The molecular weight excluding hydrogens is 233 g/mol. The second kappa shape index (κ2) is 3.31. The molecule has 0 unspecified atom stereocenters. The molecule has 84 valence electrons. The molecule has 0 aromatic rings. The van der Waals surface area contributed by atoms with E-state index in [4.69, 9.17) is 0 Å². The van der Waals surface area contributed by atoms with Crippen LogP contribution in [0.5, 0.6) is 0 Å². The van der Waals surface area contributed by atoms with E-state index in [0.717, 1.165) is 0 Å². The van der Waals surface area contributed by atoms with Gasteiger partial charge in [-0.2, -0.15) is 31.3 Å². The summed E-state index contributed by atoms with van der Waals surface area (Å²) < 4.78 is 102. The first kappa shape index (κ1) is 13.0. The summed E-state index contributed by atoms with van der Waals surface area (Å²) in [4.78, 5) is 0.627. The van der Waals surface area contributed by atoms with Gasteiger partial charge in [0.25, 0.3) is 5.97 Å². The number of halogens is 9. The minimum atomic E-state index is -6.45. The molecule has 0 N–H and O–H groups in total. The minimum absolute atomic E-state index is 0.627. The summed E-state index contributed by atoms with van der Waals surface area (Å²) in [5.74, 6) is -10.1. The van der Waals surface area contributed by atoms with Gasteiger partial charge in [0.2, 0.25) is 0 Å². The van der Waals surface area contributed by atoms with Crippen LogP contribution in [0.4, 0.5) is 39.5 Å². The normalized spacial score (nSPS) is 15.9. The van der Waals surface area contributed by atoms with Crippen LogP contribution < -0.4 is 0 Å². The predicted molar refractivity (Wildman–Crippen MR) is 25.6 cm³/mol. The molecule has 0 aliphatic heterocycles. The molecular formula is C4F9N. The van der Waals surface area contributed by atoms with Crippen molar-refractivity contribution in [2.45, 2.75) is 18.4 Å². The molecule has 0 aromatic carbocycles. The highest BCUT2D eigenvalue weighted by atomic mass is 19.4. The maximum atomic E-state index is 11.7. The number of hydrogen-bond acceptors (Lipinski definition) is 1. The highest BCUT2D eigenvalue weighted by Crippen LogP contribution is 2.38. The van der Waals surface area contributed by atoms with Gasteiger partial charge >= 0.3 is 18.4 Å². The summed E-state index contributed by atoms with van der Waals surface area (Å²) in [7, 11) is 0. The van der Waals surface area contributed by atoms with Crippen molar-refractivity contribution in [1.29, 1.82) is 0 Å². The highest BCUT2D eigenvalue weighted by molar-refractivity contribution is 5.83. The summed E-state index contributed by atoms with van der Waals surface area (Å²) in [6.07, 6.45) is -12.3. The maximum Gasteiger partial charge on any atom is 0.505 e. The Bertz CT molecular complexity index is 232. The van der Waals surface area contributed by atoms with Crippen molar-refractivity contribution in [2.75, 3.05) is 0 Å². The molecule has 0 aliphatic carbocycles. The molecule has 0 aromatic heterocycles. The van der Waals surface area contributed by atoms with Crippen LogP contribution >= 0.6 is 0 Å². The third-order valence-corrected chi connectivity index (χ3v) is 0.840. The van der Waals surface area contributed by atoms with E-state index in [2.05, 4.69) is 0 Å². The fourth-order valence-corrected chi connectivity index (χ4v) is 0.298.